The molecule has 20 heavy (non-hydrogen) atoms. The van der Waals surface area contributed by atoms with Crippen molar-refractivity contribution >= 4 is 0 Å². The zero-order valence-corrected chi connectivity index (χ0v) is 12.0. The van der Waals surface area contributed by atoms with Crippen LogP contribution in [0.3, 0.4) is 0 Å². The predicted octanol–water partition coefficient (Wildman–Crippen LogP) is 2.78. The van der Waals surface area contributed by atoms with Gasteiger partial charge in [0.15, 0.2) is 0 Å². The minimum absolute atomic E-state index is 0.870. The summed E-state index contributed by atoms with van der Waals surface area (Å²) in [6.45, 7) is 0.910. The molecule has 0 unspecified atom stereocenters. The maximum absolute atomic E-state index is 4.68. The Balaban J connectivity index is 1.88. The van der Waals surface area contributed by atoms with E-state index in [0.717, 1.165) is 24.5 Å². The molecule has 1 N–H and O–H groups in total. The number of aromatic nitrogens is 2. The Morgan fingerprint density at radius 3 is 2.80 bits per heavy atom. The van der Waals surface area contributed by atoms with Crippen LogP contribution in [0.4, 0.5) is 0 Å². The number of nitrogens with one attached hydrogen (secondary N) is 1. The molecule has 2 aromatic rings. The summed E-state index contributed by atoms with van der Waals surface area (Å²) in [7, 11) is 1.95. The molecule has 0 saturated heterocycles. The third kappa shape index (κ3) is 2.88. The van der Waals surface area contributed by atoms with Gasteiger partial charge in [-0.25, -0.2) is 9.97 Å². The second kappa shape index (κ2) is 6.14. The molecule has 0 fully saturated rings. The number of hydrogen-bond acceptors (Lipinski definition) is 3. The molecule has 3 nitrogen and oxygen atoms in total. The first kappa shape index (κ1) is 13.3. The summed E-state index contributed by atoms with van der Waals surface area (Å²) in [5.74, 6) is 0.912. The highest BCUT2D eigenvalue weighted by Crippen LogP contribution is 2.26. The third-order valence-electron chi connectivity index (χ3n) is 3.95. The molecule has 1 aliphatic rings. The number of fused-ring (bicyclic) bond motifs is 1. The van der Waals surface area contributed by atoms with Gasteiger partial charge in [-0.3, -0.25) is 0 Å². The van der Waals surface area contributed by atoms with Crippen molar-refractivity contribution in [3.63, 3.8) is 0 Å². The lowest BCUT2D eigenvalue weighted by atomic mass is 9.90. The van der Waals surface area contributed by atoms with Crippen molar-refractivity contribution in [2.45, 2.75) is 32.1 Å². The van der Waals surface area contributed by atoms with Crippen molar-refractivity contribution in [2.24, 2.45) is 0 Å². The van der Waals surface area contributed by atoms with Gasteiger partial charge in [0.05, 0.1) is 5.69 Å². The molecule has 3 rings (SSSR count). The van der Waals surface area contributed by atoms with E-state index in [9.17, 15) is 0 Å². The van der Waals surface area contributed by atoms with Crippen LogP contribution in [0.5, 0.6) is 0 Å². The standard InChI is InChI=1S/C17H21N3/c1-18-10-9-17-19-11-8-16(20-17)15-7-6-13-4-2-3-5-14(13)12-15/h6-8,11-12,18H,2-5,9-10H2,1H3. The van der Waals surface area contributed by atoms with E-state index in [2.05, 4.69) is 33.5 Å². The van der Waals surface area contributed by atoms with E-state index in [1.54, 1.807) is 0 Å². The molecule has 1 heterocycles. The molecule has 0 amide bonds. The molecule has 0 saturated carbocycles. The molecule has 0 spiro atoms. The van der Waals surface area contributed by atoms with Gasteiger partial charge in [-0.2, -0.15) is 0 Å². The number of benzene rings is 1. The van der Waals surface area contributed by atoms with Crippen molar-refractivity contribution in [3.05, 3.63) is 47.4 Å². The number of nitrogens with zero attached hydrogens (tertiary/aromatic N) is 2. The Labute approximate surface area is 120 Å². The molecule has 3 heteroatoms. The molecule has 104 valence electrons. The van der Waals surface area contributed by atoms with Crippen molar-refractivity contribution in [3.8, 4) is 11.3 Å². The summed E-state index contributed by atoms with van der Waals surface area (Å²) in [4.78, 5) is 9.02. The largest absolute Gasteiger partial charge is 0.319 e. The van der Waals surface area contributed by atoms with Crippen LogP contribution in [0, 0.1) is 0 Å². The summed E-state index contributed by atoms with van der Waals surface area (Å²) in [5, 5.41) is 3.14. The number of likely N-dealkylation sites (N-methyl/N-ethyl adjacent to an activating group) is 1. The van der Waals surface area contributed by atoms with E-state index < -0.39 is 0 Å². The van der Waals surface area contributed by atoms with Gasteiger partial charge in [0.2, 0.25) is 0 Å². The molecule has 1 aliphatic carbocycles. The Morgan fingerprint density at radius 1 is 1.10 bits per heavy atom. The highest BCUT2D eigenvalue weighted by molar-refractivity contribution is 5.61. The zero-order chi connectivity index (χ0) is 13.8. The first-order valence-corrected chi connectivity index (χ1v) is 7.45. The number of rotatable bonds is 4. The van der Waals surface area contributed by atoms with E-state index in [1.807, 2.05) is 19.3 Å². The molecule has 0 aliphatic heterocycles. The molecule has 1 aromatic heterocycles. The van der Waals surface area contributed by atoms with Crippen molar-refractivity contribution in [1.29, 1.82) is 0 Å². The maximum Gasteiger partial charge on any atom is 0.130 e. The van der Waals surface area contributed by atoms with Crippen molar-refractivity contribution in [1.82, 2.24) is 15.3 Å². The maximum atomic E-state index is 4.68. The second-order valence-electron chi connectivity index (χ2n) is 5.40. The molecule has 0 radical (unpaired) electrons. The van der Waals surface area contributed by atoms with Crippen LogP contribution in [-0.2, 0) is 19.3 Å². The smallest absolute Gasteiger partial charge is 0.130 e. The average Bonchev–Trinajstić information content (AvgIpc) is 2.53. The highest BCUT2D eigenvalue weighted by atomic mass is 14.9. The van der Waals surface area contributed by atoms with Gasteiger partial charge in [-0.05, 0) is 56.0 Å². The van der Waals surface area contributed by atoms with Gasteiger partial charge in [0.25, 0.3) is 0 Å². The molecule has 0 bridgehead atoms. The summed E-state index contributed by atoms with van der Waals surface area (Å²) in [5.41, 5.74) is 5.28. The van der Waals surface area contributed by atoms with Gasteiger partial charge >= 0.3 is 0 Å². The quantitative estimate of drug-likeness (QED) is 0.925. The van der Waals surface area contributed by atoms with Gasteiger partial charge in [-0.1, -0.05) is 12.1 Å². The monoisotopic (exact) mass is 267 g/mol. The Morgan fingerprint density at radius 2 is 1.95 bits per heavy atom. The van der Waals surface area contributed by atoms with Crippen LogP contribution in [0.2, 0.25) is 0 Å². The fourth-order valence-electron chi connectivity index (χ4n) is 2.81. The first-order valence-electron chi connectivity index (χ1n) is 7.45. The normalized spacial score (nSPS) is 14.1. The molecule has 0 atom stereocenters. The topological polar surface area (TPSA) is 37.8 Å². The van der Waals surface area contributed by atoms with E-state index in [-0.39, 0.29) is 0 Å². The van der Waals surface area contributed by atoms with E-state index >= 15 is 0 Å². The minimum atomic E-state index is 0.870. The van der Waals surface area contributed by atoms with Crippen LogP contribution in [-0.4, -0.2) is 23.6 Å². The third-order valence-corrected chi connectivity index (χ3v) is 3.95. The van der Waals surface area contributed by atoms with Gasteiger partial charge < -0.3 is 5.32 Å². The summed E-state index contributed by atoms with van der Waals surface area (Å²) < 4.78 is 0. The van der Waals surface area contributed by atoms with E-state index in [0.29, 0.717) is 0 Å². The lowest BCUT2D eigenvalue weighted by molar-refractivity contribution is 0.686. The summed E-state index contributed by atoms with van der Waals surface area (Å²) in [6, 6.07) is 8.81. The average molecular weight is 267 g/mol. The Hall–Kier alpha value is -1.74. The highest BCUT2D eigenvalue weighted by Gasteiger charge is 2.11. The van der Waals surface area contributed by atoms with Crippen molar-refractivity contribution < 1.29 is 0 Å². The lowest BCUT2D eigenvalue weighted by Gasteiger charge is -2.16. The van der Waals surface area contributed by atoms with Gasteiger partial charge in [0.1, 0.15) is 5.82 Å². The van der Waals surface area contributed by atoms with E-state index in [4.69, 9.17) is 0 Å². The molecular weight excluding hydrogens is 246 g/mol. The first-order chi connectivity index (χ1) is 9.86. The fourth-order valence-corrected chi connectivity index (χ4v) is 2.81. The molecule has 1 aromatic carbocycles. The summed E-state index contributed by atoms with van der Waals surface area (Å²) >= 11 is 0. The van der Waals surface area contributed by atoms with Crippen LogP contribution >= 0.6 is 0 Å². The van der Waals surface area contributed by atoms with E-state index in [1.165, 1.54) is 42.4 Å². The SMILES string of the molecule is CNCCc1nccc(-c2ccc3c(c2)CCCC3)n1. The van der Waals surface area contributed by atoms with Crippen LogP contribution in [0.15, 0.2) is 30.5 Å². The van der Waals surface area contributed by atoms with Gasteiger partial charge in [-0.15, -0.1) is 0 Å². The van der Waals surface area contributed by atoms with Crippen LogP contribution in [0.25, 0.3) is 11.3 Å². The Kier molecular flexibility index (Phi) is 4.07. The number of aryl methyl sites for hydroxylation is 2. The predicted molar refractivity (Wildman–Crippen MR) is 81.7 cm³/mol. The van der Waals surface area contributed by atoms with Crippen LogP contribution < -0.4 is 5.32 Å². The molecular formula is C17H21N3. The Bertz CT molecular complexity index is 593. The lowest BCUT2D eigenvalue weighted by Crippen LogP contribution is -2.12. The zero-order valence-electron chi connectivity index (χ0n) is 12.0. The van der Waals surface area contributed by atoms with Crippen molar-refractivity contribution in [2.75, 3.05) is 13.6 Å². The summed E-state index contributed by atoms with van der Waals surface area (Å²) in [6.07, 6.45) is 7.82. The van der Waals surface area contributed by atoms with Crippen LogP contribution in [0.1, 0.15) is 29.8 Å². The fraction of sp³-hybridized carbons (Fsp3) is 0.412. The second-order valence-corrected chi connectivity index (χ2v) is 5.40. The van der Waals surface area contributed by atoms with Gasteiger partial charge in [0, 0.05) is 24.7 Å². The minimum Gasteiger partial charge on any atom is -0.319 e. The number of hydrogen-bond donors (Lipinski definition) is 1.